The molecule has 0 aliphatic carbocycles. The predicted octanol–water partition coefficient (Wildman–Crippen LogP) is 4.96. The van der Waals surface area contributed by atoms with Crippen LogP contribution in [0.3, 0.4) is 0 Å². The Kier molecular flexibility index (Phi) is 7.33. The second-order valence-corrected chi connectivity index (χ2v) is 13.3. The Balaban J connectivity index is 0.000000709. The van der Waals surface area contributed by atoms with E-state index in [4.69, 9.17) is 9.90 Å². The van der Waals surface area contributed by atoms with Crippen molar-refractivity contribution in [3.63, 3.8) is 0 Å². The standard InChI is InChI=1S/C30H25OP.C2H4O2/c31-29-23-13-14-24-30(29)32(25-15-5-1-6-16-25,26-17-7-2-8-18-26,27-19-9-3-10-20-27)28-21-11-4-12-22-28;1-2(3)4/h1-24,31H;1H3,(H,3,4). The average molecular weight is 493 g/mol. The number of carboxylic acid groups (broad SMARTS) is 1. The number of para-hydroxylation sites is 1. The molecule has 0 aliphatic rings. The van der Waals surface area contributed by atoms with Crippen LogP contribution in [0.15, 0.2) is 146 Å². The second kappa shape index (κ2) is 10.6. The number of hydrogen-bond acceptors (Lipinski definition) is 2. The van der Waals surface area contributed by atoms with Gasteiger partial charge >= 0.3 is 190 Å². The number of phenolic OH excluding ortho intramolecular Hbond substituents is 1. The number of rotatable bonds is 5. The van der Waals surface area contributed by atoms with E-state index in [0.717, 1.165) is 12.2 Å². The van der Waals surface area contributed by atoms with Gasteiger partial charge in [-0.15, -0.1) is 0 Å². The van der Waals surface area contributed by atoms with Crippen molar-refractivity contribution in [2.45, 2.75) is 6.92 Å². The minimum atomic E-state index is -3.56. The SMILES string of the molecule is CC(=O)O.Oc1ccccc1P(c1ccccc1)(c1ccccc1)(c1ccccc1)c1ccccc1. The van der Waals surface area contributed by atoms with Crippen LogP contribution in [0.5, 0.6) is 5.75 Å². The third kappa shape index (κ3) is 3.98. The molecule has 2 N–H and O–H groups in total. The summed E-state index contributed by atoms with van der Waals surface area (Å²) in [6.07, 6.45) is 0. The zero-order valence-corrected chi connectivity index (χ0v) is 21.0. The number of aliphatic carboxylic acids is 1. The van der Waals surface area contributed by atoms with Crippen molar-refractivity contribution in [3.8, 4) is 5.75 Å². The van der Waals surface area contributed by atoms with Gasteiger partial charge < -0.3 is 5.11 Å². The van der Waals surface area contributed by atoms with E-state index in [1.54, 1.807) is 0 Å². The summed E-state index contributed by atoms with van der Waals surface area (Å²) in [5.74, 6) is -0.523. The number of carbonyl (C=O) groups is 1. The summed E-state index contributed by atoms with van der Waals surface area (Å²) < 4.78 is 0. The quantitative estimate of drug-likeness (QED) is 0.341. The van der Waals surface area contributed by atoms with E-state index in [2.05, 4.69) is 127 Å². The monoisotopic (exact) mass is 492 g/mol. The van der Waals surface area contributed by atoms with Crippen molar-refractivity contribution in [2.75, 3.05) is 0 Å². The van der Waals surface area contributed by atoms with Crippen molar-refractivity contribution >= 4 is 39.1 Å². The summed E-state index contributed by atoms with van der Waals surface area (Å²) in [5.41, 5.74) is 0. The fourth-order valence-corrected chi connectivity index (χ4v) is 12.1. The second-order valence-electron chi connectivity index (χ2n) is 8.47. The predicted molar refractivity (Wildman–Crippen MR) is 152 cm³/mol. The molecule has 5 aromatic carbocycles. The molecule has 3 nitrogen and oxygen atoms in total. The Morgan fingerprint density at radius 2 is 0.750 bits per heavy atom. The van der Waals surface area contributed by atoms with Crippen molar-refractivity contribution in [1.29, 1.82) is 0 Å². The molecule has 0 bridgehead atoms. The van der Waals surface area contributed by atoms with Crippen LogP contribution in [-0.4, -0.2) is 16.2 Å². The van der Waals surface area contributed by atoms with Gasteiger partial charge in [0, 0.05) is 6.92 Å². The molecule has 0 saturated carbocycles. The van der Waals surface area contributed by atoms with Gasteiger partial charge in [-0.1, -0.05) is 0 Å². The van der Waals surface area contributed by atoms with Gasteiger partial charge in [0.05, 0.1) is 0 Å². The number of aromatic hydroxyl groups is 1. The summed E-state index contributed by atoms with van der Waals surface area (Å²) in [6, 6.07) is 50.7. The maximum absolute atomic E-state index is 11.5. The Morgan fingerprint density at radius 3 is 1.03 bits per heavy atom. The van der Waals surface area contributed by atoms with Gasteiger partial charge in [-0.3, -0.25) is 4.79 Å². The van der Waals surface area contributed by atoms with E-state index in [1.165, 1.54) is 21.2 Å². The Labute approximate surface area is 212 Å². The van der Waals surface area contributed by atoms with Crippen LogP contribution in [0.25, 0.3) is 0 Å². The van der Waals surface area contributed by atoms with Gasteiger partial charge in [-0.05, 0) is 0 Å². The molecule has 0 saturated heterocycles. The Morgan fingerprint density at radius 1 is 0.500 bits per heavy atom. The molecule has 0 amide bonds. The van der Waals surface area contributed by atoms with Crippen LogP contribution >= 0.6 is 6.60 Å². The summed E-state index contributed by atoms with van der Waals surface area (Å²) >= 11 is 0. The zero-order chi connectivity index (χ0) is 25.5. The third-order valence-corrected chi connectivity index (χ3v) is 13.1. The fourth-order valence-electron chi connectivity index (χ4n) is 5.20. The molecule has 0 heterocycles. The Hall–Kier alpha value is -4.20. The average Bonchev–Trinajstić information content (AvgIpc) is 2.93. The van der Waals surface area contributed by atoms with E-state index in [-0.39, 0.29) is 0 Å². The van der Waals surface area contributed by atoms with Crippen LogP contribution in [0.2, 0.25) is 0 Å². The van der Waals surface area contributed by atoms with E-state index in [9.17, 15) is 5.11 Å². The van der Waals surface area contributed by atoms with Crippen LogP contribution < -0.4 is 26.5 Å². The molecule has 5 aromatic rings. The molecule has 5 rings (SSSR count). The summed E-state index contributed by atoms with van der Waals surface area (Å²) in [5, 5.41) is 24.6. The number of phenols is 1. The van der Waals surface area contributed by atoms with Crippen LogP contribution in [0, 0.1) is 0 Å². The van der Waals surface area contributed by atoms with Gasteiger partial charge in [0.25, 0.3) is 5.97 Å². The summed E-state index contributed by atoms with van der Waals surface area (Å²) in [7, 11) is 0. The van der Waals surface area contributed by atoms with Gasteiger partial charge in [0.2, 0.25) is 0 Å². The van der Waals surface area contributed by atoms with E-state index in [1.807, 2.05) is 18.2 Å². The van der Waals surface area contributed by atoms with Crippen molar-refractivity contribution in [3.05, 3.63) is 146 Å². The maximum atomic E-state index is 11.5. The molecule has 4 heteroatoms. The topological polar surface area (TPSA) is 57.5 Å². The van der Waals surface area contributed by atoms with Gasteiger partial charge in [-0.25, -0.2) is 0 Å². The first kappa shape index (κ1) is 24.9. The first-order valence-electron chi connectivity index (χ1n) is 11.7. The van der Waals surface area contributed by atoms with Crippen molar-refractivity contribution in [2.24, 2.45) is 0 Å². The molecule has 0 unspecified atom stereocenters. The molecule has 36 heavy (non-hydrogen) atoms. The number of benzene rings is 5. The molecule has 0 aromatic heterocycles. The van der Waals surface area contributed by atoms with E-state index < -0.39 is 12.6 Å². The van der Waals surface area contributed by atoms with Crippen molar-refractivity contribution in [1.82, 2.24) is 0 Å². The van der Waals surface area contributed by atoms with Gasteiger partial charge in [0.15, 0.2) is 0 Å². The minimum absolute atomic E-state index is 0.311. The van der Waals surface area contributed by atoms with Crippen LogP contribution in [0.4, 0.5) is 0 Å². The number of carboxylic acids is 1. The first-order chi connectivity index (χ1) is 17.5. The Bertz CT molecular complexity index is 1250. The van der Waals surface area contributed by atoms with E-state index in [0.29, 0.717) is 5.75 Å². The third-order valence-electron chi connectivity index (χ3n) is 6.45. The summed E-state index contributed by atoms with van der Waals surface area (Å²) in [4.78, 5) is 9.00. The molecule has 180 valence electrons. The molecule has 0 radical (unpaired) electrons. The summed E-state index contributed by atoms with van der Waals surface area (Å²) in [6.45, 7) is -2.47. The van der Waals surface area contributed by atoms with E-state index >= 15 is 0 Å². The molecular weight excluding hydrogens is 463 g/mol. The molecular formula is C32H29O3P. The molecule has 0 aliphatic heterocycles. The zero-order valence-electron chi connectivity index (χ0n) is 20.1. The molecule has 0 spiro atoms. The fraction of sp³-hybridized carbons (Fsp3) is 0.0312. The normalized spacial score (nSPS) is 11.9. The van der Waals surface area contributed by atoms with Gasteiger partial charge in [-0.2, -0.15) is 0 Å². The van der Waals surface area contributed by atoms with Gasteiger partial charge in [0.1, 0.15) is 0 Å². The number of hydrogen-bond donors (Lipinski definition) is 2. The first-order valence-corrected chi connectivity index (χ1v) is 14.0. The van der Waals surface area contributed by atoms with Crippen molar-refractivity contribution < 1.29 is 15.0 Å². The molecule has 0 fully saturated rings. The van der Waals surface area contributed by atoms with Crippen LogP contribution in [0.1, 0.15) is 6.92 Å². The van der Waals surface area contributed by atoms with Crippen LogP contribution in [-0.2, 0) is 4.79 Å². The molecule has 0 atom stereocenters.